The van der Waals surface area contributed by atoms with E-state index in [1.54, 1.807) is 7.11 Å². The van der Waals surface area contributed by atoms with Crippen molar-refractivity contribution in [1.82, 2.24) is 5.32 Å². The van der Waals surface area contributed by atoms with Crippen LogP contribution in [0.1, 0.15) is 29.7 Å². The Labute approximate surface area is 126 Å². The highest BCUT2D eigenvalue weighted by atomic mass is 16.5. The van der Waals surface area contributed by atoms with Gasteiger partial charge < -0.3 is 14.8 Å². The van der Waals surface area contributed by atoms with E-state index in [4.69, 9.17) is 9.47 Å². The van der Waals surface area contributed by atoms with Crippen LogP contribution >= 0.6 is 0 Å². The lowest BCUT2D eigenvalue weighted by Crippen LogP contribution is -2.14. The van der Waals surface area contributed by atoms with Crippen LogP contribution in [0, 0.1) is 6.92 Å². The summed E-state index contributed by atoms with van der Waals surface area (Å²) in [4.78, 5) is 0. The Hall–Kier alpha value is -2.00. The van der Waals surface area contributed by atoms with Gasteiger partial charge in [0, 0.05) is 11.6 Å². The van der Waals surface area contributed by atoms with Gasteiger partial charge in [-0.05, 0) is 44.7 Å². The molecule has 0 spiro atoms. The fraction of sp³-hybridized carbons (Fsp3) is 0.333. The van der Waals surface area contributed by atoms with Gasteiger partial charge in [0.1, 0.15) is 18.1 Å². The summed E-state index contributed by atoms with van der Waals surface area (Å²) in [5.74, 6) is 1.77. The van der Waals surface area contributed by atoms with Crippen LogP contribution in [0.25, 0.3) is 0 Å². The van der Waals surface area contributed by atoms with E-state index in [1.807, 2.05) is 37.4 Å². The van der Waals surface area contributed by atoms with Gasteiger partial charge in [0.15, 0.2) is 0 Å². The summed E-state index contributed by atoms with van der Waals surface area (Å²) in [6.45, 7) is 4.76. The van der Waals surface area contributed by atoms with Crippen molar-refractivity contribution in [3.8, 4) is 11.5 Å². The van der Waals surface area contributed by atoms with Crippen LogP contribution in [0.3, 0.4) is 0 Å². The highest BCUT2D eigenvalue weighted by Gasteiger charge is 2.10. The largest absolute Gasteiger partial charge is 0.497 e. The zero-order chi connectivity index (χ0) is 15.2. The molecule has 1 N–H and O–H groups in total. The molecule has 21 heavy (non-hydrogen) atoms. The summed E-state index contributed by atoms with van der Waals surface area (Å²) < 4.78 is 11.2. The average Bonchev–Trinajstić information content (AvgIpc) is 2.53. The zero-order valence-electron chi connectivity index (χ0n) is 13.1. The van der Waals surface area contributed by atoms with E-state index in [2.05, 4.69) is 31.3 Å². The lowest BCUT2D eigenvalue weighted by Gasteiger charge is -2.17. The number of aryl methyl sites for hydroxylation is 1. The van der Waals surface area contributed by atoms with E-state index in [0.29, 0.717) is 6.61 Å². The SMILES string of the molecule is CNC(C)c1cc(C)ccc1OCc1cccc(OC)c1. The molecule has 2 aromatic carbocycles. The molecule has 0 aromatic heterocycles. The van der Waals surface area contributed by atoms with Gasteiger partial charge in [-0.1, -0.05) is 29.8 Å². The van der Waals surface area contributed by atoms with Gasteiger partial charge in [-0.15, -0.1) is 0 Å². The van der Waals surface area contributed by atoms with Crippen LogP contribution in [-0.2, 0) is 6.61 Å². The molecule has 0 fully saturated rings. The maximum absolute atomic E-state index is 6.01. The summed E-state index contributed by atoms with van der Waals surface area (Å²) in [5, 5.41) is 3.27. The fourth-order valence-electron chi connectivity index (χ4n) is 2.22. The van der Waals surface area contributed by atoms with E-state index < -0.39 is 0 Å². The molecule has 3 heteroatoms. The lowest BCUT2D eigenvalue weighted by atomic mass is 10.0. The molecule has 1 atom stereocenters. The first-order valence-corrected chi connectivity index (χ1v) is 7.17. The standard InChI is InChI=1S/C18H23NO2/c1-13-8-9-18(17(10-13)14(2)19-3)21-12-15-6-5-7-16(11-15)20-4/h5-11,14,19H,12H2,1-4H3. The van der Waals surface area contributed by atoms with Gasteiger partial charge >= 0.3 is 0 Å². The van der Waals surface area contributed by atoms with Crippen molar-refractivity contribution < 1.29 is 9.47 Å². The summed E-state index contributed by atoms with van der Waals surface area (Å²) in [6.07, 6.45) is 0. The molecule has 0 aliphatic heterocycles. The van der Waals surface area contributed by atoms with Crippen LogP contribution in [0.2, 0.25) is 0 Å². The molecule has 3 nitrogen and oxygen atoms in total. The molecule has 2 aromatic rings. The molecule has 0 bridgehead atoms. The highest BCUT2D eigenvalue weighted by Crippen LogP contribution is 2.27. The van der Waals surface area contributed by atoms with Crippen LogP contribution in [-0.4, -0.2) is 14.2 Å². The molecule has 0 amide bonds. The maximum atomic E-state index is 6.01. The smallest absolute Gasteiger partial charge is 0.124 e. The van der Waals surface area contributed by atoms with E-state index in [0.717, 1.165) is 17.1 Å². The lowest BCUT2D eigenvalue weighted by molar-refractivity contribution is 0.299. The van der Waals surface area contributed by atoms with Gasteiger partial charge in [0.05, 0.1) is 7.11 Å². The molecule has 0 aliphatic rings. The molecular weight excluding hydrogens is 262 g/mol. The van der Waals surface area contributed by atoms with Gasteiger partial charge in [-0.25, -0.2) is 0 Å². The van der Waals surface area contributed by atoms with Crippen LogP contribution in [0.15, 0.2) is 42.5 Å². The van der Waals surface area contributed by atoms with Gasteiger partial charge in [0.25, 0.3) is 0 Å². The second-order valence-electron chi connectivity index (χ2n) is 5.19. The summed E-state index contributed by atoms with van der Waals surface area (Å²) in [6, 6.07) is 14.5. The van der Waals surface area contributed by atoms with Crippen LogP contribution in [0.5, 0.6) is 11.5 Å². The molecule has 112 valence electrons. The summed E-state index contributed by atoms with van der Waals surface area (Å²) in [5.41, 5.74) is 3.51. The van der Waals surface area contributed by atoms with Crippen molar-refractivity contribution in [3.63, 3.8) is 0 Å². The van der Waals surface area contributed by atoms with Gasteiger partial charge in [0.2, 0.25) is 0 Å². The minimum atomic E-state index is 0.255. The predicted octanol–water partition coefficient (Wildman–Crippen LogP) is 3.86. The van der Waals surface area contributed by atoms with Crippen LogP contribution in [0.4, 0.5) is 0 Å². The number of hydrogen-bond donors (Lipinski definition) is 1. The number of methoxy groups -OCH3 is 1. The zero-order valence-corrected chi connectivity index (χ0v) is 13.1. The molecule has 0 saturated carbocycles. The Morgan fingerprint density at radius 1 is 1.14 bits per heavy atom. The number of hydrogen-bond acceptors (Lipinski definition) is 3. The van der Waals surface area contributed by atoms with E-state index in [1.165, 1.54) is 11.1 Å². The Balaban J connectivity index is 2.15. The third-order valence-electron chi connectivity index (χ3n) is 3.59. The van der Waals surface area contributed by atoms with Crippen molar-refractivity contribution >= 4 is 0 Å². The Morgan fingerprint density at radius 3 is 2.67 bits per heavy atom. The molecule has 2 rings (SSSR count). The number of benzene rings is 2. The second kappa shape index (κ2) is 7.14. The number of nitrogens with one attached hydrogen (secondary N) is 1. The first-order chi connectivity index (χ1) is 10.1. The van der Waals surface area contributed by atoms with E-state index in [-0.39, 0.29) is 6.04 Å². The molecule has 0 saturated heterocycles. The number of rotatable bonds is 6. The monoisotopic (exact) mass is 285 g/mol. The number of ether oxygens (including phenoxy) is 2. The van der Waals surface area contributed by atoms with Crippen molar-refractivity contribution in [2.24, 2.45) is 0 Å². The summed E-state index contributed by atoms with van der Waals surface area (Å²) in [7, 11) is 3.63. The minimum absolute atomic E-state index is 0.255. The van der Waals surface area contributed by atoms with E-state index >= 15 is 0 Å². The van der Waals surface area contributed by atoms with Crippen molar-refractivity contribution in [3.05, 3.63) is 59.2 Å². The minimum Gasteiger partial charge on any atom is -0.497 e. The fourth-order valence-corrected chi connectivity index (χ4v) is 2.22. The first kappa shape index (κ1) is 15.4. The highest BCUT2D eigenvalue weighted by molar-refractivity contribution is 5.39. The Bertz CT molecular complexity index is 596. The Morgan fingerprint density at radius 2 is 1.95 bits per heavy atom. The van der Waals surface area contributed by atoms with Crippen LogP contribution < -0.4 is 14.8 Å². The molecule has 0 radical (unpaired) electrons. The normalized spacial score (nSPS) is 12.0. The third-order valence-corrected chi connectivity index (χ3v) is 3.59. The van der Waals surface area contributed by atoms with E-state index in [9.17, 15) is 0 Å². The predicted molar refractivity (Wildman–Crippen MR) is 86.0 cm³/mol. The van der Waals surface area contributed by atoms with Crippen molar-refractivity contribution in [1.29, 1.82) is 0 Å². The third kappa shape index (κ3) is 3.99. The Kier molecular flexibility index (Phi) is 5.23. The van der Waals surface area contributed by atoms with Crippen molar-refractivity contribution in [2.75, 3.05) is 14.2 Å². The second-order valence-corrected chi connectivity index (χ2v) is 5.19. The van der Waals surface area contributed by atoms with Gasteiger partial charge in [-0.2, -0.15) is 0 Å². The molecule has 0 heterocycles. The quantitative estimate of drug-likeness (QED) is 0.874. The first-order valence-electron chi connectivity index (χ1n) is 7.17. The average molecular weight is 285 g/mol. The molecule has 1 unspecified atom stereocenters. The van der Waals surface area contributed by atoms with Crippen molar-refractivity contribution in [2.45, 2.75) is 26.5 Å². The van der Waals surface area contributed by atoms with Gasteiger partial charge in [-0.3, -0.25) is 0 Å². The summed E-state index contributed by atoms with van der Waals surface area (Å²) >= 11 is 0. The molecule has 0 aliphatic carbocycles. The molecular formula is C18H23NO2. The topological polar surface area (TPSA) is 30.5 Å². The maximum Gasteiger partial charge on any atom is 0.124 e.